The van der Waals surface area contributed by atoms with Gasteiger partial charge in [0.05, 0.1) is 5.57 Å². The molecule has 4 heteroatoms. The van der Waals surface area contributed by atoms with E-state index in [1.165, 1.54) is 25.5 Å². The molecule has 1 aliphatic rings. The van der Waals surface area contributed by atoms with Gasteiger partial charge < -0.3 is 10.8 Å². The summed E-state index contributed by atoms with van der Waals surface area (Å²) in [7, 11) is 0. The first kappa shape index (κ1) is 11.8. The minimum atomic E-state index is -1.01. The summed E-state index contributed by atoms with van der Waals surface area (Å²) in [4.78, 5) is 15.1. The number of hydrogen-bond acceptors (Lipinski definition) is 3. The molecule has 0 aromatic heterocycles. The maximum absolute atomic E-state index is 10.8. The molecule has 3 N–H and O–H groups in total. The van der Waals surface area contributed by atoms with Gasteiger partial charge in [0, 0.05) is 18.0 Å². The Hall–Kier alpha value is -1.32. The lowest BCUT2D eigenvalue weighted by atomic mass is 9.96. The van der Waals surface area contributed by atoms with E-state index in [0.717, 1.165) is 12.8 Å². The van der Waals surface area contributed by atoms with Crippen molar-refractivity contribution in [2.24, 2.45) is 10.7 Å². The minimum Gasteiger partial charge on any atom is -0.478 e. The van der Waals surface area contributed by atoms with Gasteiger partial charge in [-0.05, 0) is 19.8 Å². The van der Waals surface area contributed by atoms with Crippen LogP contribution in [0.3, 0.4) is 0 Å². The van der Waals surface area contributed by atoms with Crippen LogP contribution in [0, 0.1) is 0 Å². The Kier molecular flexibility index (Phi) is 4.34. The average Bonchev–Trinajstić information content (AvgIpc) is 2.18. The van der Waals surface area contributed by atoms with Gasteiger partial charge in [-0.15, -0.1) is 0 Å². The van der Waals surface area contributed by atoms with Crippen molar-refractivity contribution < 1.29 is 9.90 Å². The van der Waals surface area contributed by atoms with E-state index >= 15 is 0 Å². The summed E-state index contributed by atoms with van der Waals surface area (Å²) < 4.78 is 0. The smallest absolute Gasteiger partial charge is 0.339 e. The minimum absolute atomic E-state index is 0.112. The third-order valence-corrected chi connectivity index (χ3v) is 2.64. The van der Waals surface area contributed by atoms with Crippen LogP contribution in [-0.2, 0) is 4.79 Å². The van der Waals surface area contributed by atoms with E-state index < -0.39 is 5.97 Å². The van der Waals surface area contributed by atoms with Crippen molar-refractivity contribution in [2.75, 3.05) is 0 Å². The van der Waals surface area contributed by atoms with Gasteiger partial charge in [-0.3, -0.25) is 4.99 Å². The molecular formula is C11H18N2O2. The van der Waals surface area contributed by atoms with Crippen LogP contribution < -0.4 is 5.73 Å². The maximum atomic E-state index is 10.8. The number of aliphatic carboxylic acids is 1. The summed E-state index contributed by atoms with van der Waals surface area (Å²) in [6.07, 6.45) is 7.18. The summed E-state index contributed by atoms with van der Waals surface area (Å²) in [6.45, 7) is 1.58. The number of carboxylic acids is 1. The summed E-state index contributed by atoms with van der Waals surface area (Å²) in [5.41, 5.74) is 5.88. The Bertz CT molecular complexity index is 285. The molecule has 0 unspecified atom stereocenters. The monoisotopic (exact) mass is 210 g/mol. The number of allylic oxidation sites excluding steroid dienone is 1. The van der Waals surface area contributed by atoms with Gasteiger partial charge in [0.15, 0.2) is 0 Å². The molecule has 0 spiro atoms. The van der Waals surface area contributed by atoms with Crippen LogP contribution in [-0.4, -0.2) is 23.3 Å². The molecular weight excluding hydrogens is 192 g/mol. The van der Waals surface area contributed by atoms with E-state index in [-0.39, 0.29) is 11.6 Å². The molecule has 0 heterocycles. The molecule has 0 amide bonds. The lowest BCUT2D eigenvalue weighted by Gasteiger charge is -2.17. The zero-order valence-electron chi connectivity index (χ0n) is 9.07. The molecule has 1 aliphatic carbocycles. The fourth-order valence-electron chi connectivity index (χ4n) is 1.74. The van der Waals surface area contributed by atoms with E-state index in [1.807, 2.05) is 0 Å². The molecule has 4 nitrogen and oxygen atoms in total. The van der Waals surface area contributed by atoms with Crippen LogP contribution in [0.25, 0.3) is 0 Å². The zero-order valence-corrected chi connectivity index (χ0v) is 9.07. The number of aliphatic imine (C=N–C) groups is 1. The van der Waals surface area contributed by atoms with Crippen molar-refractivity contribution in [2.45, 2.75) is 45.1 Å². The Balaban J connectivity index is 2.61. The number of carboxylic acid groups (broad SMARTS) is 1. The van der Waals surface area contributed by atoms with Gasteiger partial charge >= 0.3 is 5.97 Å². The summed E-state index contributed by atoms with van der Waals surface area (Å²) >= 11 is 0. The van der Waals surface area contributed by atoms with Crippen molar-refractivity contribution in [1.29, 1.82) is 0 Å². The molecule has 1 fully saturated rings. The third-order valence-electron chi connectivity index (χ3n) is 2.64. The quantitative estimate of drug-likeness (QED) is 0.550. The fourth-order valence-corrected chi connectivity index (χ4v) is 1.74. The van der Waals surface area contributed by atoms with Crippen LogP contribution >= 0.6 is 0 Å². The van der Waals surface area contributed by atoms with E-state index in [9.17, 15) is 4.79 Å². The first-order valence-electron chi connectivity index (χ1n) is 5.34. The molecule has 1 saturated carbocycles. The highest BCUT2D eigenvalue weighted by molar-refractivity contribution is 6.09. The van der Waals surface area contributed by atoms with Gasteiger partial charge in [0.2, 0.25) is 0 Å². The van der Waals surface area contributed by atoms with Crippen molar-refractivity contribution in [3.8, 4) is 0 Å². The number of carbonyl (C=O) groups is 1. The first-order valence-corrected chi connectivity index (χ1v) is 5.34. The summed E-state index contributed by atoms with van der Waals surface area (Å²) in [6, 6.07) is 0.285. The lowest BCUT2D eigenvalue weighted by molar-refractivity contribution is -0.132. The van der Waals surface area contributed by atoms with Crippen LogP contribution in [0.2, 0.25) is 0 Å². The summed E-state index contributed by atoms with van der Waals surface area (Å²) in [5, 5.41) is 8.84. The summed E-state index contributed by atoms with van der Waals surface area (Å²) in [5.74, 6) is -1.01. The highest BCUT2D eigenvalue weighted by atomic mass is 16.4. The molecule has 0 aromatic carbocycles. The van der Waals surface area contributed by atoms with E-state index in [4.69, 9.17) is 10.8 Å². The molecule has 0 bridgehead atoms. The van der Waals surface area contributed by atoms with E-state index in [2.05, 4.69) is 4.99 Å². The Morgan fingerprint density at radius 1 is 1.40 bits per heavy atom. The van der Waals surface area contributed by atoms with Crippen molar-refractivity contribution in [3.05, 3.63) is 11.3 Å². The molecule has 0 aromatic rings. The molecule has 1 rings (SSSR count). The van der Waals surface area contributed by atoms with Gasteiger partial charge in [0.1, 0.15) is 0 Å². The molecule has 15 heavy (non-hydrogen) atoms. The number of hydrogen-bond donors (Lipinski definition) is 2. The van der Waals surface area contributed by atoms with Crippen LogP contribution in [0.4, 0.5) is 0 Å². The second-order valence-electron chi connectivity index (χ2n) is 3.97. The lowest BCUT2D eigenvalue weighted by Crippen LogP contribution is -2.13. The molecule has 0 saturated heterocycles. The molecule has 0 atom stereocenters. The first-order chi connectivity index (χ1) is 7.11. The average molecular weight is 210 g/mol. The van der Waals surface area contributed by atoms with E-state index in [1.54, 1.807) is 6.92 Å². The highest BCUT2D eigenvalue weighted by Crippen LogP contribution is 2.20. The predicted molar refractivity (Wildman–Crippen MR) is 59.9 cm³/mol. The topological polar surface area (TPSA) is 75.7 Å². The standard InChI is InChI=1S/C11H18N2O2/c1-8(12)10(11(14)15)7-13-9-5-3-2-4-6-9/h7,9H,2-6,12H2,1H3,(H,14,15)/b10-8+,13-7?. The number of nitrogens with two attached hydrogens (primary N) is 1. The van der Waals surface area contributed by atoms with Gasteiger partial charge in [-0.2, -0.15) is 0 Å². The van der Waals surface area contributed by atoms with E-state index in [0.29, 0.717) is 5.70 Å². The largest absolute Gasteiger partial charge is 0.478 e. The SMILES string of the molecule is C/C(N)=C(/C=NC1CCCCC1)C(=O)O. The number of rotatable bonds is 3. The van der Waals surface area contributed by atoms with Gasteiger partial charge in [-0.25, -0.2) is 4.79 Å². The molecule has 0 aliphatic heterocycles. The van der Waals surface area contributed by atoms with Crippen LogP contribution in [0.1, 0.15) is 39.0 Å². The van der Waals surface area contributed by atoms with Crippen molar-refractivity contribution in [1.82, 2.24) is 0 Å². The van der Waals surface area contributed by atoms with Crippen molar-refractivity contribution in [3.63, 3.8) is 0 Å². The zero-order chi connectivity index (χ0) is 11.3. The Morgan fingerprint density at radius 2 is 2.00 bits per heavy atom. The van der Waals surface area contributed by atoms with Gasteiger partial charge in [-0.1, -0.05) is 19.3 Å². The third kappa shape index (κ3) is 3.73. The molecule has 0 radical (unpaired) electrons. The maximum Gasteiger partial charge on any atom is 0.339 e. The fraction of sp³-hybridized carbons (Fsp3) is 0.636. The second kappa shape index (κ2) is 5.53. The normalized spacial score (nSPS) is 20.3. The molecule has 84 valence electrons. The Labute approximate surface area is 89.9 Å². The van der Waals surface area contributed by atoms with Gasteiger partial charge in [0.25, 0.3) is 0 Å². The second-order valence-corrected chi connectivity index (χ2v) is 3.97. The highest BCUT2D eigenvalue weighted by Gasteiger charge is 2.12. The van der Waals surface area contributed by atoms with Crippen molar-refractivity contribution >= 4 is 12.2 Å². The van der Waals surface area contributed by atoms with Crippen LogP contribution in [0.15, 0.2) is 16.3 Å². The van der Waals surface area contributed by atoms with Crippen LogP contribution in [0.5, 0.6) is 0 Å². The predicted octanol–water partition coefficient (Wildman–Crippen LogP) is 1.71. The Morgan fingerprint density at radius 3 is 2.47 bits per heavy atom. The number of nitrogens with zero attached hydrogens (tertiary/aromatic N) is 1.